The molecule has 5 heteroatoms. The van der Waals surface area contributed by atoms with Crippen LogP contribution >= 0.6 is 0 Å². The van der Waals surface area contributed by atoms with Gasteiger partial charge in [-0.25, -0.2) is 8.42 Å². The van der Waals surface area contributed by atoms with Crippen molar-refractivity contribution >= 4 is 9.84 Å². The molecular weight excluding hydrogens is 248 g/mol. The summed E-state index contributed by atoms with van der Waals surface area (Å²) in [6.07, 6.45) is 3.79. The van der Waals surface area contributed by atoms with Crippen molar-refractivity contribution < 1.29 is 8.42 Å². The first kappa shape index (κ1) is 15.9. The van der Waals surface area contributed by atoms with Gasteiger partial charge in [0.25, 0.3) is 0 Å². The van der Waals surface area contributed by atoms with Crippen LogP contribution in [0.5, 0.6) is 0 Å². The Hall–Kier alpha value is -0.130. The number of hydrogen-bond donors (Lipinski definition) is 1. The van der Waals surface area contributed by atoms with Gasteiger partial charge in [-0.2, -0.15) is 0 Å². The third-order valence-corrected chi connectivity index (χ3v) is 6.39. The summed E-state index contributed by atoms with van der Waals surface area (Å²) in [4.78, 5) is 2.37. The van der Waals surface area contributed by atoms with Gasteiger partial charge in [-0.15, -0.1) is 0 Å². The fourth-order valence-electron chi connectivity index (χ4n) is 2.18. The lowest BCUT2D eigenvalue weighted by molar-refractivity contribution is 0.182. The summed E-state index contributed by atoms with van der Waals surface area (Å²) in [6, 6.07) is 0.566. The molecule has 1 aliphatic heterocycles. The molecule has 0 saturated carbocycles. The van der Waals surface area contributed by atoms with Gasteiger partial charge in [-0.3, -0.25) is 0 Å². The first-order valence-corrected chi connectivity index (χ1v) is 8.52. The second-order valence-electron chi connectivity index (χ2n) is 6.27. The van der Waals surface area contributed by atoms with Crippen molar-refractivity contribution in [1.29, 1.82) is 0 Å². The third kappa shape index (κ3) is 4.52. The van der Waals surface area contributed by atoms with E-state index in [0.717, 1.165) is 13.1 Å². The Morgan fingerprint density at radius 1 is 1.28 bits per heavy atom. The number of hydrogen-bond acceptors (Lipinski definition) is 4. The van der Waals surface area contributed by atoms with Crippen molar-refractivity contribution in [2.24, 2.45) is 0 Å². The maximum absolute atomic E-state index is 11.9. The van der Waals surface area contributed by atoms with Gasteiger partial charge in [0.2, 0.25) is 0 Å². The Morgan fingerprint density at radius 3 is 2.50 bits per heavy atom. The molecule has 1 aliphatic rings. The summed E-state index contributed by atoms with van der Waals surface area (Å²) in [6.45, 7) is 7.90. The molecule has 4 nitrogen and oxygen atoms in total. The molecule has 1 saturated heterocycles. The Kier molecular flexibility index (Phi) is 5.62. The molecule has 1 heterocycles. The fraction of sp³-hybridized carbons (Fsp3) is 1.00. The van der Waals surface area contributed by atoms with Crippen LogP contribution in [0.3, 0.4) is 0 Å². The van der Waals surface area contributed by atoms with Gasteiger partial charge in [0.05, 0.1) is 10.5 Å². The molecule has 1 unspecified atom stereocenters. The molecule has 0 bridgehead atoms. The first-order chi connectivity index (χ1) is 8.24. The summed E-state index contributed by atoms with van der Waals surface area (Å²) in [5.74, 6) is 0.229. The van der Waals surface area contributed by atoms with Crippen LogP contribution in [0.2, 0.25) is 0 Å². The van der Waals surface area contributed by atoms with Crippen LogP contribution in [0.15, 0.2) is 0 Å². The lowest BCUT2D eigenvalue weighted by atomic mass is 10.0. The summed E-state index contributed by atoms with van der Waals surface area (Å²) in [5, 5.41) is 3.29. The first-order valence-electron chi connectivity index (χ1n) is 6.87. The minimum absolute atomic E-state index is 0.229. The van der Waals surface area contributed by atoms with Crippen LogP contribution in [-0.4, -0.2) is 56.5 Å². The van der Waals surface area contributed by atoms with E-state index in [9.17, 15) is 8.42 Å². The highest BCUT2D eigenvalue weighted by Crippen LogP contribution is 2.16. The maximum atomic E-state index is 11.9. The van der Waals surface area contributed by atoms with Gasteiger partial charge in [0.15, 0.2) is 9.84 Å². The Morgan fingerprint density at radius 2 is 1.94 bits per heavy atom. The highest BCUT2D eigenvalue weighted by Gasteiger charge is 2.28. The van der Waals surface area contributed by atoms with E-state index >= 15 is 0 Å². The van der Waals surface area contributed by atoms with Crippen molar-refractivity contribution in [3.63, 3.8) is 0 Å². The number of rotatable bonds is 5. The SMILES string of the molecule is CN1CCCCC1CNCCS(=O)(=O)C(C)(C)C. The van der Waals surface area contributed by atoms with Gasteiger partial charge in [0, 0.05) is 19.1 Å². The summed E-state index contributed by atoms with van der Waals surface area (Å²) in [5.41, 5.74) is 0. The highest BCUT2D eigenvalue weighted by atomic mass is 32.2. The van der Waals surface area contributed by atoms with Crippen molar-refractivity contribution in [3.05, 3.63) is 0 Å². The molecule has 1 N–H and O–H groups in total. The zero-order valence-corrected chi connectivity index (χ0v) is 13.0. The number of sulfone groups is 1. The minimum Gasteiger partial charge on any atom is -0.314 e. The zero-order valence-electron chi connectivity index (χ0n) is 12.2. The molecule has 0 aromatic carbocycles. The monoisotopic (exact) mass is 276 g/mol. The number of likely N-dealkylation sites (tertiary alicyclic amines) is 1. The van der Waals surface area contributed by atoms with E-state index in [1.54, 1.807) is 20.8 Å². The van der Waals surface area contributed by atoms with Gasteiger partial charge in [0.1, 0.15) is 0 Å². The highest BCUT2D eigenvalue weighted by molar-refractivity contribution is 7.92. The molecule has 1 atom stereocenters. The average Bonchev–Trinajstić information content (AvgIpc) is 2.25. The molecule has 0 aliphatic carbocycles. The largest absolute Gasteiger partial charge is 0.314 e. The molecule has 18 heavy (non-hydrogen) atoms. The van der Waals surface area contributed by atoms with E-state index in [1.165, 1.54) is 19.3 Å². The van der Waals surface area contributed by atoms with Crippen LogP contribution in [0.4, 0.5) is 0 Å². The smallest absolute Gasteiger partial charge is 0.156 e. The van der Waals surface area contributed by atoms with Crippen molar-refractivity contribution in [2.75, 3.05) is 32.4 Å². The van der Waals surface area contributed by atoms with Crippen molar-refractivity contribution in [1.82, 2.24) is 10.2 Å². The fourth-order valence-corrected chi connectivity index (χ4v) is 3.21. The lowest BCUT2D eigenvalue weighted by Gasteiger charge is -2.32. The molecule has 0 spiro atoms. The number of piperidine rings is 1. The van der Waals surface area contributed by atoms with Crippen molar-refractivity contribution in [3.8, 4) is 0 Å². The van der Waals surface area contributed by atoms with Gasteiger partial charge in [-0.05, 0) is 47.2 Å². The maximum Gasteiger partial charge on any atom is 0.156 e. The normalized spacial score (nSPS) is 23.2. The van der Waals surface area contributed by atoms with E-state index in [-0.39, 0.29) is 5.75 Å². The topological polar surface area (TPSA) is 49.4 Å². The molecule has 1 fully saturated rings. The third-order valence-electron chi connectivity index (χ3n) is 3.78. The van der Waals surface area contributed by atoms with Crippen LogP contribution < -0.4 is 5.32 Å². The Bertz CT molecular complexity index is 346. The molecule has 108 valence electrons. The average molecular weight is 276 g/mol. The second kappa shape index (κ2) is 6.35. The van der Waals surface area contributed by atoms with Gasteiger partial charge in [-0.1, -0.05) is 6.42 Å². The quantitative estimate of drug-likeness (QED) is 0.768. The van der Waals surface area contributed by atoms with Crippen LogP contribution in [0.1, 0.15) is 40.0 Å². The number of likely N-dealkylation sites (N-methyl/N-ethyl adjacent to an activating group) is 1. The van der Waals surface area contributed by atoms with Gasteiger partial charge >= 0.3 is 0 Å². The predicted octanol–water partition coefficient (Wildman–Crippen LogP) is 1.27. The van der Waals surface area contributed by atoms with E-state index in [0.29, 0.717) is 12.6 Å². The molecule has 0 amide bonds. The number of nitrogens with zero attached hydrogens (tertiary/aromatic N) is 1. The zero-order chi connectivity index (χ0) is 13.8. The summed E-state index contributed by atoms with van der Waals surface area (Å²) in [7, 11) is -0.840. The summed E-state index contributed by atoms with van der Waals surface area (Å²) < 4.78 is 23.2. The van der Waals surface area contributed by atoms with Crippen molar-refractivity contribution in [2.45, 2.75) is 50.8 Å². The van der Waals surface area contributed by atoms with Gasteiger partial charge < -0.3 is 10.2 Å². The molecule has 0 aromatic heterocycles. The van der Waals surface area contributed by atoms with E-state index < -0.39 is 14.6 Å². The van der Waals surface area contributed by atoms with Crippen LogP contribution in [0.25, 0.3) is 0 Å². The molecule has 0 radical (unpaired) electrons. The molecule has 0 aromatic rings. The Labute approximate surface area is 112 Å². The van der Waals surface area contributed by atoms with Crippen LogP contribution in [0, 0.1) is 0 Å². The predicted molar refractivity (Wildman–Crippen MR) is 76.7 cm³/mol. The molecular formula is C13H28N2O2S. The molecule has 1 rings (SSSR count). The standard InChI is InChI=1S/C13H28N2O2S/c1-13(2,3)18(16,17)10-8-14-11-12-7-5-6-9-15(12)4/h12,14H,5-11H2,1-4H3. The van der Waals surface area contributed by atoms with E-state index in [4.69, 9.17) is 0 Å². The lowest BCUT2D eigenvalue weighted by Crippen LogP contribution is -2.44. The summed E-state index contributed by atoms with van der Waals surface area (Å²) >= 11 is 0. The van der Waals surface area contributed by atoms with E-state index in [2.05, 4.69) is 17.3 Å². The Balaban J connectivity index is 2.27. The van der Waals surface area contributed by atoms with Crippen LogP contribution in [-0.2, 0) is 9.84 Å². The second-order valence-corrected chi connectivity index (χ2v) is 9.13. The van der Waals surface area contributed by atoms with E-state index in [1.807, 2.05) is 0 Å². The minimum atomic E-state index is -2.99. The number of nitrogens with one attached hydrogen (secondary N) is 1.